The van der Waals surface area contributed by atoms with Gasteiger partial charge >= 0.3 is 0 Å². The molecule has 0 fully saturated rings. The maximum absolute atomic E-state index is 11.0. The lowest BCUT2D eigenvalue weighted by Crippen LogP contribution is -2.38. The fourth-order valence-electron chi connectivity index (χ4n) is 1.49. The van der Waals surface area contributed by atoms with Crippen molar-refractivity contribution in [3.8, 4) is 0 Å². The first-order valence-corrected chi connectivity index (χ1v) is 6.36. The molecule has 0 aliphatic heterocycles. The first-order valence-electron chi connectivity index (χ1n) is 6.36. The monoisotopic (exact) mass is 262 g/mol. The third-order valence-corrected chi connectivity index (χ3v) is 2.60. The van der Waals surface area contributed by atoms with E-state index in [1.54, 1.807) is 19.2 Å². The largest absolute Gasteiger partial charge is 0.366 e. The maximum Gasteiger partial charge on any atom is 0.248 e. The second kappa shape index (κ2) is 7.41. The molecule has 0 aliphatic carbocycles. The second-order valence-electron chi connectivity index (χ2n) is 4.76. The summed E-state index contributed by atoms with van der Waals surface area (Å²) < 4.78 is 0. The third-order valence-electron chi connectivity index (χ3n) is 2.60. The average Bonchev–Trinajstić information content (AvgIpc) is 2.39. The van der Waals surface area contributed by atoms with E-state index in [0.717, 1.165) is 18.1 Å². The normalized spacial score (nSPS) is 11.5. The third kappa shape index (κ3) is 5.42. The molecule has 1 aromatic carbocycles. The van der Waals surface area contributed by atoms with Crippen molar-refractivity contribution in [3.05, 3.63) is 35.4 Å². The van der Waals surface area contributed by atoms with Crippen LogP contribution >= 0.6 is 0 Å². The summed E-state index contributed by atoms with van der Waals surface area (Å²) in [6.07, 6.45) is 0. The van der Waals surface area contributed by atoms with Gasteiger partial charge in [0, 0.05) is 25.7 Å². The highest BCUT2D eigenvalue weighted by molar-refractivity contribution is 5.92. The Kier molecular flexibility index (Phi) is 5.85. The van der Waals surface area contributed by atoms with Crippen LogP contribution in [0.1, 0.15) is 29.8 Å². The molecule has 0 unspecified atom stereocenters. The minimum absolute atomic E-state index is 0.408. The van der Waals surface area contributed by atoms with Gasteiger partial charge in [-0.1, -0.05) is 26.0 Å². The van der Waals surface area contributed by atoms with Crippen LogP contribution in [0.3, 0.4) is 0 Å². The van der Waals surface area contributed by atoms with Gasteiger partial charge in [0.05, 0.1) is 0 Å². The van der Waals surface area contributed by atoms with E-state index in [1.165, 1.54) is 0 Å². The minimum Gasteiger partial charge on any atom is -0.366 e. The summed E-state index contributed by atoms with van der Waals surface area (Å²) in [5.74, 6) is 0.926. The predicted molar refractivity (Wildman–Crippen MR) is 78.0 cm³/mol. The van der Waals surface area contributed by atoms with Crippen LogP contribution in [-0.4, -0.2) is 25.5 Å². The summed E-state index contributed by atoms with van der Waals surface area (Å²) in [6, 6.07) is 7.21. The van der Waals surface area contributed by atoms with E-state index >= 15 is 0 Å². The van der Waals surface area contributed by atoms with Crippen molar-refractivity contribution >= 4 is 11.9 Å². The van der Waals surface area contributed by atoms with Gasteiger partial charge in [-0.15, -0.1) is 0 Å². The molecule has 5 heteroatoms. The number of rotatable bonds is 5. The Bertz CT molecular complexity index is 437. The van der Waals surface area contributed by atoms with Crippen LogP contribution in [-0.2, 0) is 6.54 Å². The number of nitrogens with zero attached hydrogens (tertiary/aromatic N) is 1. The predicted octanol–water partition coefficient (Wildman–Crippen LogP) is 1.11. The molecule has 0 bridgehead atoms. The molecule has 19 heavy (non-hydrogen) atoms. The minimum atomic E-state index is -0.408. The quantitative estimate of drug-likeness (QED) is 0.549. The van der Waals surface area contributed by atoms with E-state index in [2.05, 4.69) is 29.5 Å². The van der Waals surface area contributed by atoms with E-state index in [4.69, 9.17) is 5.73 Å². The Balaban J connectivity index is 2.48. The topological polar surface area (TPSA) is 79.5 Å². The number of carbonyl (C=O) groups excluding carboxylic acids is 1. The van der Waals surface area contributed by atoms with Crippen molar-refractivity contribution < 1.29 is 4.79 Å². The molecule has 104 valence electrons. The van der Waals surface area contributed by atoms with E-state index in [0.29, 0.717) is 18.0 Å². The van der Waals surface area contributed by atoms with E-state index in [1.807, 2.05) is 12.1 Å². The van der Waals surface area contributed by atoms with Gasteiger partial charge in [0.25, 0.3) is 0 Å². The van der Waals surface area contributed by atoms with Gasteiger partial charge in [-0.3, -0.25) is 9.79 Å². The summed E-state index contributed by atoms with van der Waals surface area (Å²) >= 11 is 0. The van der Waals surface area contributed by atoms with Gasteiger partial charge in [0.2, 0.25) is 5.91 Å². The average molecular weight is 262 g/mol. The SMILES string of the molecule is CN=C(NCc1ccc(C(N)=O)cc1)NCC(C)C. The molecule has 0 aromatic heterocycles. The molecule has 1 rings (SSSR count). The molecule has 4 N–H and O–H groups in total. The molecular weight excluding hydrogens is 240 g/mol. The number of hydrogen-bond donors (Lipinski definition) is 3. The highest BCUT2D eigenvalue weighted by Crippen LogP contribution is 2.03. The van der Waals surface area contributed by atoms with Gasteiger partial charge in [-0.25, -0.2) is 0 Å². The maximum atomic E-state index is 11.0. The Labute approximate surface area is 114 Å². The Hall–Kier alpha value is -2.04. The summed E-state index contributed by atoms with van der Waals surface area (Å²) in [6.45, 7) is 5.81. The number of aliphatic imine (C=N–C) groups is 1. The number of hydrogen-bond acceptors (Lipinski definition) is 2. The number of guanidine groups is 1. The van der Waals surface area contributed by atoms with Gasteiger partial charge in [-0.05, 0) is 23.6 Å². The molecular formula is C14H22N4O. The molecule has 0 saturated carbocycles. The molecule has 0 saturated heterocycles. The lowest BCUT2D eigenvalue weighted by atomic mass is 10.1. The molecule has 0 aliphatic rings. The molecule has 0 heterocycles. The van der Waals surface area contributed by atoms with Crippen LogP contribution in [0.5, 0.6) is 0 Å². The van der Waals surface area contributed by atoms with Crippen LogP contribution in [0.15, 0.2) is 29.3 Å². The van der Waals surface area contributed by atoms with E-state index in [9.17, 15) is 4.79 Å². The number of primary amides is 1. The molecule has 1 aromatic rings. The highest BCUT2D eigenvalue weighted by Gasteiger charge is 2.02. The van der Waals surface area contributed by atoms with Crippen molar-refractivity contribution in [3.63, 3.8) is 0 Å². The number of benzene rings is 1. The number of amides is 1. The van der Waals surface area contributed by atoms with Crippen LogP contribution in [0, 0.1) is 5.92 Å². The van der Waals surface area contributed by atoms with E-state index < -0.39 is 5.91 Å². The fourth-order valence-corrected chi connectivity index (χ4v) is 1.49. The summed E-state index contributed by atoms with van der Waals surface area (Å²) in [5.41, 5.74) is 6.78. The highest BCUT2D eigenvalue weighted by atomic mass is 16.1. The standard InChI is InChI=1S/C14H22N4O/c1-10(2)8-17-14(16-3)18-9-11-4-6-12(7-5-11)13(15)19/h4-7,10H,8-9H2,1-3H3,(H2,15,19)(H2,16,17,18). The summed E-state index contributed by atoms with van der Waals surface area (Å²) in [5, 5.41) is 6.45. The Morgan fingerprint density at radius 3 is 2.37 bits per heavy atom. The Morgan fingerprint density at radius 1 is 1.26 bits per heavy atom. The molecule has 0 atom stereocenters. The van der Waals surface area contributed by atoms with E-state index in [-0.39, 0.29) is 0 Å². The van der Waals surface area contributed by atoms with Crippen molar-refractivity contribution in [1.29, 1.82) is 0 Å². The number of nitrogens with one attached hydrogen (secondary N) is 2. The molecule has 1 amide bonds. The first-order chi connectivity index (χ1) is 9.02. The van der Waals surface area contributed by atoms with Crippen LogP contribution in [0.4, 0.5) is 0 Å². The fraction of sp³-hybridized carbons (Fsp3) is 0.429. The lowest BCUT2D eigenvalue weighted by Gasteiger charge is -2.13. The van der Waals surface area contributed by atoms with Gasteiger partial charge < -0.3 is 16.4 Å². The first kappa shape index (κ1) is 15.0. The van der Waals surface area contributed by atoms with Gasteiger partial charge in [0.15, 0.2) is 5.96 Å². The van der Waals surface area contributed by atoms with Crippen molar-refractivity contribution in [1.82, 2.24) is 10.6 Å². The van der Waals surface area contributed by atoms with Gasteiger partial charge in [0.1, 0.15) is 0 Å². The lowest BCUT2D eigenvalue weighted by molar-refractivity contribution is 0.100. The zero-order valence-corrected chi connectivity index (χ0v) is 11.7. The number of nitrogens with two attached hydrogens (primary N) is 1. The summed E-state index contributed by atoms with van der Waals surface area (Å²) in [4.78, 5) is 15.1. The van der Waals surface area contributed by atoms with Crippen molar-refractivity contribution in [2.75, 3.05) is 13.6 Å². The zero-order valence-electron chi connectivity index (χ0n) is 11.7. The van der Waals surface area contributed by atoms with Crippen LogP contribution in [0.25, 0.3) is 0 Å². The van der Waals surface area contributed by atoms with Gasteiger partial charge in [-0.2, -0.15) is 0 Å². The van der Waals surface area contributed by atoms with Crippen molar-refractivity contribution in [2.24, 2.45) is 16.6 Å². The van der Waals surface area contributed by atoms with Crippen LogP contribution < -0.4 is 16.4 Å². The smallest absolute Gasteiger partial charge is 0.248 e. The zero-order chi connectivity index (χ0) is 14.3. The number of carbonyl (C=O) groups is 1. The summed E-state index contributed by atoms with van der Waals surface area (Å²) in [7, 11) is 1.74. The van der Waals surface area contributed by atoms with Crippen LogP contribution in [0.2, 0.25) is 0 Å². The Morgan fingerprint density at radius 2 is 1.89 bits per heavy atom. The second-order valence-corrected chi connectivity index (χ2v) is 4.76. The molecule has 5 nitrogen and oxygen atoms in total. The molecule has 0 spiro atoms. The molecule has 0 radical (unpaired) electrons. The van der Waals surface area contributed by atoms with Crippen molar-refractivity contribution in [2.45, 2.75) is 20.4 Å².